The fourth-order valence-corrected chi connectivity index (χ4v) is 1.98. The number of nitrogens with zero attached hydrogens (tertiary/aromatic N) is 2. The van der Waals surface area contributed by atoms with Crippen molar-refractivity contribution >= 4 is 22.9 Å². The average Bonchev–Trinajstić information content (AvgIpc) is 2.64. The molecule has 1 aromatic heterocycles. The van der Waals surface area contributed by atoms with Crippen LogP contribution in [0.4, 0.5) is 5.95 Å². The second-order valence-corrected chi connectivity index (χ2v) is 3.85. The van der Waals surface area contributed by atoms with Crippen LogP contribution in [0.5, 0.6) is 5.75 Å². The molecule has 6 nitrogen and oxygen atoms in total. The number of nitrogens with two attached hydrogens (primary N) is 2. The molecule has 0 radical (unpaired) electrons. The molecule has 0 saturated carbocycles. The molecular weight excluding hydrogens is 232 g/mol. The van der Waals surface area contributed by atoms with Gasteiger partial charge in [-0.1, -0.05) is 0 Å². The molecule has 0 unspecified atom stereocenters. The highest BCUT2D eigenvalue weighted by Gasteiger charge is 2.15. The molecule has 0 bridgehead atoms. The Labute approximate surface area is 105 Å². The second kappa shape index (κ2) is 4.56. The van der Waals surface area contributed by atoms with E-state index in [4.69, 9.17) is 16.2 Å². The van der Waals surface area contributed by atoms with Crippen LogP contribution in [0.1, 0.15) is 24.2 Å². The molecule has 0 atom stereocenters. The van der Waals surface area contributed by atoms with Gasteiger partial charge in [0.2, 0.25) is 11.9 Å². The number of benzene rings is 1. The summed E-state index contributed by atoms with van der Waals surface area (Å²) < 4.78 is 7.38. The summed E-state index contributed by atoms with van der Waals surface area (Å²) in [6, 6.07) is 3.25. The molecule has 0 aliphatic carbocycles. The highest BCUT2D eigenvalue weighted by molar-refractivity contribution is 5.98. The minimum atomic E-state index is -0.512. The molecule has 0 aliphatic heterocycles. The summed E-state index contributed by atoms with van der Waals surface area (Å²) >= 11 is 0. The van der Waals surface area contributed by atoms with Crippen molar-refractivity contribution in [3.63, 3.8) is 0 Å². The van der Waals surface area contributed by atoms with Crippen LogP contribution in [0.3, 0.4) is 0 Å². The molecule has 4 N–H and O–H groups in total. The number of aryl methyl sites for hydroxylation is 1. The van der Waals surface area contributed by atoms with Gasteiger partial charge in [-0.15, -0.1) is 0 Å². The Balaban J connectivity index is 2.76. The summed E-state index contributed by atoms with van der Waals surface area (Å²) in [6.45, 7) is 5.01. The Morgan fingerprint density at radius 3 is 2.72 bits per heavy atom. The second-order valence-electron chi connectivity index (χ2n) is 3.85. The number of nitrogen functional groups attached to an aromatic ring is 1. The van der Waals surface area contributed by atoms with Crippen molar-refractivity contribution in [2.24, 2.45) is 5.73 Å². The van der Waals surface area contributed by atoms with Crippen molar-refractivity contribution in [3.8, 4) is 5.75 Å². The smallest absolute Gasteiger partial charge is 0.248 e. The fourth-order valence-electron chi connectivity index (χ4n) is 1.98. The van der Waals surface area contributed by atoms with Crippen molar-refractivity contribution in [1.29, 1.82) is 0 Å². The van der Waals surface area contributed by atoms with Crippen molar-refractivity contribution < 1.29 is 9.53 Å². The number of hydrogen-bond acceptors (Lipinski definition) is 4. The van der Waals surface area contributed by atoms with Gasteiger partial charge in [0.1, 0.15) is 11.3 Å². The molecule has 2 rings (SSSR count). The van der Waals surface area contributed by atoms with Crippen LogP contribution >= 0.6 is 0 Å². The van der Waals surface area contributed by atoms with Gasteiger partial charge in [0.15, 0.2) is 0 Å². The monoisotopic (exact) mass is 248 g/mol. The summed E-state index contributed by atoms with van der Waals surface area (Å²) in [5, 5.41) is 0. The summed E-state index contributed by atoms with van der Waals surface area (Å²) in [7, 11) is 0. The molecule has 0 saturated heterocycles. The molecule has 0 fully saturated rings. The summed E-state index contributed by atoms with van der Waals surface area (Å²) in [6.07, 6.45) is 0. The number of anilines is 1. The average molecular weight is 248 g/mol. The van der Waals surface area contributed by atoms with E-state index in [2.05, 4.69) is 4.98 Å². The van der Waals surface area contributed by atoms with Gasteiger partial charge in [0.25, 0.3) is 0 Å². The maximum atomic E-state index is 11.3. The lowest BCUT2D eigenvalue weighted by Crippen LogP contribution is -2.11. The molecule has 96 valence electrons. The Morgan fingerprint density at radius 1 is 1.44 bits per heavy atom. The van der Waals surface area contributed by atoms with Crippen LogP contribution < -0.4 is 16.2 Å². The first-order valence-corrected chi connectivity index (χ1v) is 5.80. The number of aromatic nitrogens is 2. The highest BCUT2D eigenvalue weighted by atomic mass is 16.5. The van der Waals surface area contributed by atoms with Crippen molar-refractivity contribution in [2.45, 2.75) is 20.4 Å². The van der Waals surface area contributed by atoms with E-state index in [9.17, 15) is 4.79 Å². The summed E-state index contributed by atoms with van der Waals surface area (Å²) in [5.41, 5.74) is 12.9. The van der Waals surface area contributed by atoms with Gasteiger partial charge in [-0.3, -0.25) is 4.79 Å². The first kappa shape index (κ1) is 12.2. The number of primary amides is 1. The van der Waals surface area contributed by atoms with Gasteiger partial charge in [-0.25, -0.2) is 4.98 Å². The topological polar surface area (TPSA) is 96.2 Å². The van der Waals surface area contributed by atoms with E-state index in [-0.39, 0.29) is 0 Å². The third-order valence-corrected chi connectivity index (χ3v) is 2.74. The number of hydrogen-bond donors (Lipinski definition) is 2. The first-order valence-electron chi connectivity index (χ1n) is 5.80. The summed E-state index contributed by atoms with van der Waals surface area (Å²) in [5.74, 6) is 0.465. The Kier molecular flexibility index (Phi) is 3.10. The highest BCUT2D eigenvalue weighted by Crippen LogP contribution is 2.29. The minimum absolute atomic E-state index is 0.367. The molecule has 1 heterocycles. The molecule has 6 heteroatoms. The molecule has 2 aromatic rings. The number of rotatable bonds is 4. The van der Waals surface area contributed by atoms with Crippen LogP contribution in [0.25, 0.3) is 11.0 Å². The maximum Gasteiger partial charge on any atom is 0.248 e. The number of ether oxygens (including phenoxy) is 1. The predicted molar refractivity (Wildman–Crippen MR) is 69.5 cm³/mol. The quantitative estimate of drug-likeness (QED) is 0.847. The van der Waals surface area contributed by atoms with Crippen LogP contribution in [-0.4, -0.2) is 22.1 Å². The predicted octanol–water partition coefficient (Wildman–Crippen LogP) is 1.14. The van der Waals surface area contributed by atoms with E-state index in [0.29, 0.717) is 35.9 Å². The largest absolute Gasteiger partial charge is 0.492 e. The van der Waals surface area contributed by atoms with Crippen LogP contribution in [0.2, 0.25) is 0 Å². The summed E-state index contributed by atoms with van der Waals surface area (Å²) in [4.78, 5) is 15.5. The molecule has 1 amide bonds. The standard InChI is InChI=1S/C12H16N4O2/c1-3-16-10-8(15-12(16)14)5-7(11(13)17)6-9(10)18-4-2/h5-6H,3-4H2,1-2H3,(H2,13,17)(H2,14,15). The third-order valence-electron chi connectivity index (χ3n) is 2.74. The van der Waals surface area contributed by atoms with Crippen molar-refractivity contribution in [2.75, 3.05) is 12.3 Å². The molecule has 1 aromatic carbocycles. The van der Waals surface area contributed by atoms with E-state index in [1.807, 2.05) is 18.4 Å². The third kappa shape index (κ3) is 1.85. The van der Waals surface area contributed by atoms with Gasteiger partial charge in [0.05, 0.1) is 12.1 Å². The molecule has 18 heavy (non-hydrogen) atoms. The zero-order valence-corrected chi connectivity index (χ0v) is 10.4. The van der Waals surface area contributed by atoms with E-state index in [0.717, 1.165) is 5.52 Å². The van der Waals surface area contributed by atoms with Gasteiger partial charge >= 0.3 is 0 Å². The number of amides is 1. The van der Waals surface area contributed by atoms with Crippen LogP contribution in [0, 0.1) is 0 Å². The van der Waals surface area contributed by atoms with Gasteiger partial charge < -0.3 is 20.8 Å². The normalized spacial score (nSPS) is 10.8. The molecular formula is C12H16N4O2. The van der Waals surface area contributed by atoms with Crippen molar-refractivity contribution in [1.82, 2.24) is 9.55 Å². The van der Waals surface area contributed by atoms with E-state index in [1.165, 1.54) is 0 Å². The number of fused-ring (bicyclic) bond motifs is 1. The van der Waals surface area contributed by atoms with E-state index >= 15 is 0 Å². The van der Waals surface area contributed by atoms with E-state index in [1.54, 1.807) is 12.1 Å². The Morgan fingerprint density at radius 2 is 2.17 bits per heavy atom. The van der Waals surface area contributed by atoms with Gasteiger partial charge in [-0.2, -0.15) is 0 Å². The lowest BCUT2D eigenvalue weighted by molar-refractivity contribution is 0.1000. The lowest BCUT2D eigenvalue weighted by atomic mass is 10.1. The van der Waals surface area contributed by atoms with Crippen molar-refractivity contribution in [3.05, 3.63) is 17.7 Å². The van der Waals surface area contributed by atoms with Crippen LogP contribution in [0.15, 0.2) is 12.1 Å². The SMILES string of the molecule is CCOc1cc(C(N)=O)cc2nc(N)n(CC)c12. The molecule has 0 spiro atoms. The van der Waals surface area contributed by atoms with Gasteiger partial charge in [0, 0.05) is 12.1 Å². The number of carbonyl (C=O) groups excluding carboxylic acids is 1. The minimum Gasteiger partial charge on any atom is -0.492 e. The van der Waals surface area contributed by atoms with Crippen LogP contribution in [-0.2, 0) is 6.54 Å². The fraction of sp³-hybridized carbons (Fsp3) is 0.333. The first-order chi connectivity index (χ1) is 8.58. The number of imidazole rings is 1. The zero-order valence-electron chi connectivity index (χ0n) is 10.4. The zero-order chi connectivity index (χ0) is 13.3. The van der Waals surface area contributed by atoms with Gasteiger partial charge in [-0.05, 0) is 26.0 Å². The Hall–Kier alpha value is -2.24. The Bertz CT molecular complexity index is 604. The molecule has 0 aliphatic rings. The van der Waals surface area contributed by atoms with E-state index < -0.39 is 5.91 Å². The maximum absolute atomic E-state index is 11.3. The lowest BCUT2D eigenvalue weighted by Gasteiger charge is -2.09. The number of carbonyl (C=O) groups is 1.